The number of methoxy groups -OCH3 is 1. The van der Waals surface area contributed by atoms with Crippen molar-refractivity contribution in [3.63, 3.8) is 0 Å². The Morgan fingerprint density at radius 1 is 1.03 bits per heavy atom. The Morgan fingerprint density at radius 2 is 1.73 bits per heavy atom. The van der Waals surface area contributed by atoms with E-state index in [0.717, 1.165) is 5.56 Å². The predicted molar refractivity (Wildman–Crippen MR) is 124 cm³/mol. The molecular formula is C26H21ClFNO4. The molecule has 4 aromatic rings. The Labute approximate surface area is 195 Å². The van der Waals surface area contributed by atoms with E-state index in [4.69, 9.17) is 21.1 Å². The minimum absolute atomic E-state index is 0.0380. The van der Waals surface area contributed by atoms with Crippen molar-refractivity contribution < 1.29 is 23.5 Å². The van der Waals surface area contributed by atoms with Crippen molar-refractivity contribution in [1.82, 2.24) is 4.57 Å². The normalized spacial score (nSPS) is 10.9. The average molecular weight is 466 g/mol. The zero-order valence-electron chi connectivity index (χ0n) is 18.1. The first-order valence-electron chi connectivity index (χ1n) is 10.3. The van der Waals surface area contributed by atoms with Gasteiger partial charge in [0.05, 0.1) is 24.1 Å². The molecule has 0 amide bonds. The summed E-state index contributed by atoms with van der Waals surface area (Å²) < 4.78 is 25.6. The monoisotopic (exact) mass is 465 g/mol. The largest absolute Gasteiger partial charge is 0.495 e. The van der Waals surface area contributed by atoms with Crippen LogP contribution in [0, 0.1) is 12.7 Å². The van der Waals surface area contributed by atoms with Crippen molar-refractivity contribution in [2.45, 2.75) is 20.0 Å². The number of halogens is 2. The number of hydrogen-bond acceptors (Lipinski definition) is 4. The summed E-state index contributed by atoms with van der Waals surface area (Å²) in [5.74, 6) is -0.795. The van der Waals surface area contributed by atoms with Gasteiger partial charge in [0.15, 0.2) is 0 Å². The predicted octanol–water partition coefficient (Wildman–Crippen LogP) is 5.73. The van der Waals surface area contributed by atoms with Gasteiger partial charge >= 0.3 is 5.97 Å². The molecule has 1 heterocycles. The Bertz CT molecular complexity index is 1330. The number of esters is 1. The Kier molecular flexibility index (Phi) is 6.47. The highest BCUT2D eigenvalue weighted by Gasteiger charge is 2.23. The number of ether oxygens (including phenoxy) is 2. The lowest BCUT2D eigenvalue weighted by molar-refractivity contribution is -0.144. The highest BCUT2D eigenvalue weighted by molar-refractivity contribution is 6.33. The van der Waals surface area contributed by atoms with Gasteiger partial charge in [-0.2, -0.15) is 0 Å². The van der Waals surface area contributed by atoms with E-state index in [-0.39, 0.29) is 18.9 Å². The van der Waals surface area contributed by atoms with Crippen LogP contribution in [-0.2, 0) is 22.6 Å². The fourth-order valence-electron chi connectivity index (χ4n) is 3.78. The maximum atomic E-state index is 13.4. The molecule has 7 heteroatoms. The fraction of sp³-hybridized carbons (Fsp3) is 0.154. The summed E-state index contributed by atoms with van der Waals surface area (Å²) in [6, 6.07) is 18.0. The van der Waals surface area contributed by atoms with E-state index in [1.165, 1.54) is 35.9 Å². The Morgan fingerprint density at radius 3 is 2.39 bits per heavy atom. The van der Waals surface area contributed by atoms with Gasteiger partial charge in [-0.25, -0.2) is 4.39 Å². The lowest BCUT2D eigenvalue weighted by Gasteiger charge is -2.09. The second-order valence-corrected chi connectivity index (χ2v) is 7.95. The smallest absolute Gasteiger partial charge is 0.310 e. The molecule has 0 unspecified atom stereocenters. The molecule has 4 rings (SSSR count). The molecule has 0 bridgehead atoms. The second kappa shape index (κ2) is 9.46. The van der Waals surface area contributed by atoms with Gasteiger partial charge in [0.1, 0.15) is 18.2 Å². The third-order valence-electron chi connectivity index (χ3n) is 5.47. The van der Waals surface area contributed by atoms with Crippen LogP contribution >= 0.6 is 11.6 Å². The molecule has 0 N–H and O–H groups in total. The van der Waals surface area contributed by atoms with Gasteiger partial charge in [0, 0.05) is 16.6 Å². The molecular weight excluding hydrogens is 445 g/mol. The lowest BCUT2D eigenvalue weighted by atomic mass is 10.1. The third kappa shape index (κ3) is 4.61. The highest BCUT2D eigenvalue weighted by Crippen LogP contribution is 2.35. The number of carbonyl (C=O) groups excluding carboxylic acids is 2. The third-order valence-corrected chi connectivity index (χ3v) is 5.76. The number of rotatable bonds is 6. The molecule has 33 heavy (non-hydrogen) atoms. The average Bonchev–Trinajstić information content (AvgIpc) is 3.08. The molecule has 5 nitrogen and oxygen atoms in total. The standard InChI is InChI=1S/C26H21ClFNO4/c1-16-20(13-25(30)33-15-17-6-4-3-5-7-17)21-12-24(32-2)22(27)14-23(21)29(16)26(31)18-8-10-19(28)11-9-18/h3-12,14H,13,15H2,1-2H3. The maximum Gasteiger partial charge on any atom is 0.310 e. The van der Waals surface area contributed by atoms with Crippen LogP contribution in [0.2, 0.25) is 5.02 Å². The van der Waals surface area contributed by atoms with Gasteiger partial charge in [-0.1, -0.05) is 41.9 Å². The van der Waals surface area contributed by atoms with E-state index >= 15 is 0 Å². The number of carbonyl (C=O) groups is 2. The van der Waals surface area contributed by atoms with Crippen molar-refractivity contribution >= 4 is 34.4 Å². The van der Waals surface area contributed by atoms with Crippen molar-refractivity contribution in [2.24, 2.45) is 0 Å². The summed E-state index contributed by atoms with van der Waals surface area (Å²) in [6.45, 7) is 1.91. The minimum Gasteiger partial charge on any atom is -0.495 e. The van der Waals surface area contributed by atoms with Crippen molar-refractivity contribution in [1.29, 1.82) is 0 Å². The zero-order valence-corrected chi connectivity index (χ0v) is 18.9. The molecule has 0 aliphatic carbocycles. The Balaban J connectivity index is 1.73. The molecule has 3 aromatic carbocycles. The molecule has 0 fully saturated rings. The van der Waals surface area contributed by atoms with Crippen molar-refractivity contribution in [3.8, 4) is 5.75 Å². The SMILES string of the molecule is COc1cc2c(CC(=O)OCc3ccccc3)c(C)n(C(=O)c3ccc(F)cc3)c2cc1Cl. The van der Waals surface area contributed by atoms with Crippen LogP contribution in [0.5, 0.6) is 5.75 Å². The van der Waals surface area contributed by atoms with Gasteiger partial charge in [-0.05, 0) is 54.4 Å². The topological polar surface area (TPSA) is 57.5 Å². The number of aromatic nitrogens is 1. The van der Waals surface area contributed by atoms with Gasteiger partial charge in [-0.3, -0.25) is 14.2 Å². The van der Waals surface area contributed by atoms with Crippen LogP contribution in [0.4, 0.5) is 4.39 Å². The summed E-state index contributed by atoms with van der Waals surface area (Å²) in [7, 11) is 1.49. The summed E-state index contributed by atoms with van der Waals surface area (Å²) >= 11 is 6.34. The van der Waals surface area contributed by atoms with Gasteiger partial charge in [0.2, 0.25) is 0 Å². The zero-order chi connectivity index (χ0) is 23.5. The van der Waals surface area contributed by atoms with Gasteiger partial charge < -0.3 is 9.47 Å². The summed E-state index contributed by atoms with van der Waals surface area (Å²) in [5.41, 5.74) is 2.92. The molecule has 168 valence electrons. The first kappa shape index (κ1) is 22.6. The number of hydrogen-bond donors (Lipinski definition) is 0. The van der Waals surface area contributed by atoms with E-state index < -0.39 is 11.8 Å². The maximum absolute atomic E-state index is 13.4. The fourth-order valence-corrected chi connectivity index (χ4v) is 4.01. The van der Waals surface area contributed by atoms with Gasteiger partial charge in [0.25, 0.3) is 5.91 Å². The van der Waals surface area contributed by atoms with Gasteiger partial charge in [-0.15, -0.1) is 0 Å². The van der Waals surface area contributed by atoms with Crippen molar-refractivity contribution in [3.05, 3.63) is 100.0 Å². The molecule has 0 aliphatic rings. The molecule has 0 spiro atoms. The Hall–Kier alpha value is -3.64. The quantitative estimate of drug-likeness (QED) is 0.341. The van der Waals surface area contributed by atoms with Crippen LogP contribution in [0.1, 0.15) is 27.2 Å². The van der Waals surface area contributed by atoms with Crippen LogP contribution in [-0.4, -0.2) is 23.6 Å². The molecule has 0 radical (unpaired) electrons. The molecule has 0 atom stereocenters. The number of nitrogens with zero attached hydrogens (tertiary/aromatic N) is 1. The van der Waals surface area contributed by atoms with E-state index in [1.54, 1.807) is 19.1 Å². The first-order chi connectivity index (χ1) is 15.9. The van der Waals surface area contributed by atoms with E-state index in [2.05, 4.69) is 0 Å². The van der Waals surface area contributed by atoms with E-state index in [0.29, 0.717) is 38.5 Å². The number of fused-ring (bicyclic) bond motifs is 1. The molecule has 1 aromatic heterocycles. The lowest BCUT2D eigenvalue weighted by Crippen LogP contribution is -2.14. The van der Waals surface area contributed by atoms with Crippen LogP contribution in [0.3, 0.4) is 0 Å². The van der Waals surface area contributed by atoms with E-state index in [1.807, 2.05) is 30.3 Å². The minimum atomic E-state index is -0.435. The van der Waals surface area contributed by atoms with E-state index in [9.17, 15) is 14.0 Å². The van der Waals surface area contributed by atoms with Crippen molar-refractivity contribution in [2.75, 3.05) is 7.11 Å². The molecule has 0 saturated carbocycles. The second-order valence-electron chi connectivity index (χ2n) is 7.54. The van der Waals surface area contributed by atoms with Crippen LogP contribution in [0.25, 0.3) is 10.9 Å². The van der Waals surface area contributed by atoms with Crippen LogP contribution < -0.4 is 4.74 Å². The van der Waals surface area contributed by atoms with Crippen LogP contribution in [0.15, 0.2) is 66.7 Å². The summed E-state index contributed by atoms with van der Waals surface area (Å²) in [4.78, 5) is 26.0. The molecule has 0 saturated heterocycles. The summed E-state index contributed by atoms with van der Waals surface area (Å²) in [6.07, 6.45) is -0.0380. The summed E-state index contributed by atoms with van der Waals surface area (Å²) in [5, 5.41) is 0.981. The number of benzene rings is 3. The highest BCUT2D eigenvalue weighted by atomic mass is 35.5. The first-order valence-corrected chi connectivity index (χ1v) is 10.6. The molecule has 0 aliphatic heterocycles.